The number of allylic oxidation sites excluding steroid dienone is 8. The van der Waals surface area contributed by atoms with Crippen molar-refractivity contribution in [2.45, 2.75) is 49.5 Å². The lowest BCUT2D eigenvalue weighted by atomic mass is 9.73. The monoisotopic (exact) mass is 396 g/mol. The quantitative estimate of drug-likeness (QED) is 0.427. The summed E-state index contributed by atoms with van der Waals surface area (Å²) in [5.74, 6) is -15.3. The summed E-state index contributed by atoms with van der Waals surface area (Å²) in [6.45, 7) is 6.76. The van der Waals surface area contributed by atoms with Crippen molar-refractivity contribution in [3.8, 4) is 0 Å². The van der Waals surface area contributed by atoms with Gasteiger partial charge in [0.1, 0.15) is 0 Å². The van der Waals surface area contributed by atoms with Crippen LogP contribution in [0.25, 0.3) is 0 Å². The average Bonchev–Trinajstić information content (AvgIpc) is 2.74. The molecule has 136 valence electrons. The van der Waals surface area contributed by atoms with Crippen LogP contribution in [0.4, 0.5) is 26.3 Å². The summed E-state index contributed by atoms with van der Waals surface area (Å²) in [6, 6.07) is 0. The van der Waals surface area contributed by atoms with Crippen LogP contribution in [-0.2, 0) is 0 Å². The van der Waals surface area contributed by atoms with Crippen LogP contribution in [-0.4, -0.2) is 21.8 Å². The molecule has 0 aromatic heterocycles. The van der Waals surface area contributed by atoms with Gasteiger partial charge in [-0.15, -0.1) is 23.5 Å². The van der Waals surface area contributed by atoms with E-state index in [-0.39, 0.29) is 11.1 Å². The Morgan fingerprint density at radius 1 is 0.720 bits per heavy atom. The first-order valence-corrected chi connectivity index (χ1v) is 9.24. The zero-order valence-corrected chi connectivity index (χ0v) is 15.4. The van der Waals surface area contributed by atoms with Crippen molar-refractivity contribution < 1.29 is 26.3 Å². The summed E-state index contributed by atoms with van der Waals surface area (Å²) < 4.78 is 85.4. The molecule has 1 saturated carbocycles. The smallest absolute Gasteiger partial charge is 0.194 e. The molecule has 8 heteroatoms. The lowest BCUT2D eigenvalue weighted by molar-refractivity contribution is -0.258. The van der Waals surface area contributed by atoms with Crippen LogP contribution in [0.2, 0.25) is 0 Å². The SMILES string of the molecule is CC1=CC2=C3C(=C4C=C(C)SC(C)(S1)C24C)C(F)(F)C(F)(F)C3(F)F. The normalized spacial score (nSPS) is 39.9. The Kier molecular flexibility index (Phi) is 3.09. The zero-order valence-electron chi connectivity index (χ0n) is 13.7. The summed E-state index contributed by atoms with van der Waals surface area (Å²) in [6.07, 6.45) is 2.74. The van der Waals surface area contributed by atoms with Gasteiger partial charge in [-0.05, 0) is 60.8 Å². The van der Waals surface area contributed by atoms with Crippen molar-refractivity contribution in [3.63, 3.8) is 0 Å². The summed E-state index contributed by atoms with van der Waals surface area (Å²) in [4.78, 5) is 1.28. The van der Waals surface area contributed by atoms with Crippen molar-refractivity contribution in [1.29, 1.82) is 0 Å². The second-order valence-electron chi connectivity index (χ2n) is 7.09. The van der Waals surface area contributed by atoms with E-state index < -0.39 is 38.4 Å². The lowest BCUT2D eigenvalue weighted by Gasteiger charge is -2.51. The van der Waals surface area contributed by atoms with Crippen LogP contribution >= 0.6 is 23.5 Å². The number of alkyl halides is 6. The minimum atomic E-state index is -5.44. The second-order valence-corrected chi connectivity index (χ2v) is 10.7. The number of thioether (sulfide) groups is 2. The van der Waals surface area contributed by atoms with Crippen molar-refractivity contribution in [2.75, 3.05) is 0 Å². The summed E-state index contributed by atoms with van der Waals surface area (Å²) >= 11 is 2.80. The molecule has 25 heavy (non-hydrogen) atoms. The molecule has 0 saturated heterocycles. The summed E-state index contributed by atoms with van der Waals surface area (Å²) in [7, 11) is 0. The van der Waals surface area contributed by atoms with Gasteiger partial charge in [-0.2, -0.15) is 26.3 Å². The molecule has 2 heterocycles. The van der Waals surface area contributed by atoms with Crippen molar-refractivity contribution in [3.05, 3.63) is 44.3 Å². The van der Waals surface area contributed by atoms with Crippen LogP contribution in [0.3, 0.4) is 0 Å². The van der Waals surface area contributed by atoms with Crippen LogP contribution < -0.4 is 0 Å². The third-order valence-electron chi connectivity index (χ3n) is 5.60. The molecule has 2 aliphatic heterocycles. The first-order chi connectivity index (χ1) is 11.2. The Hall–Kier alpha value is -0.760. The van der Waals surface area contributed by atoms with E-state index in [0.717, 1.165) is 0 Å². The molecular weight excluding hydrogens is 382 g/mol. The van der Waals surface area contributed by atoms with E-state index >= 15 is 0 Å². The molecular formula is C17H14F6S2. The van der Waals surface area contributed by atoms with Gasteiger partial charge in [-0.1, -0.05) is 0 Å². The highest BCUT2D eigenvalue weighted by Gasteiger charge is 2.84. The largest absolute Gasteiger partial charge is 0.380 e. The number of rotatable bonds is 0. The fourth-order valence-corrected chi connectivity index (χ4v) is 7.69. The Morgan fingerprint density at radius 2 is 1.08 bits per heavy atom. The lowest BCUT2D eigenvalue weighted by Crippen LogP contribution is -2.50. The Bertz CT molecular complexity index is 783. The van der Waals surface area contributed by atoms with Crippen LogP contribution in [0.5, 0.6) is 0 Å². The van der Waals surface area contributed by atoms with E-state index in [1.807, 2.05) is 0 Å². The van der Waals surface area contributed by atoms with E-state index in [0.29, 0.717) is 9.81 Å². The molecule has 0 bridgehead atoms. The van der Waals surface area contributed by atoms with Crippen LogP contribution in [0, 0.1) is 5.41 Å². The molecule has 4 aliphatic rings. The van der Waals surface area contributed by atoms with Gasteiger partial charge in [-0.25, -0.2) is 0 Å². The van der Waals surface area contributed by atoms with Gasteiger partial charge in [-0.3, -0.25) is 0 Å². The molecule has 4 rings (SSSR count). The molecule has 0 nitrogen and oxygen atoms in total. The van der Waals surface area contributed by atoms with E-state index in [4.69, 9.17) is 0 Å². The molecule has 2 aliphatic carbocycles. The minimum absolute atomic E-state index is 0.102. The van der Waals surface area contributed by atoms with Gasteiger partial charge in [0.05, 0.1) is 4.08 Å². The fourth-order valence-electron chi connectivity index (χ4n) is 4.30. The summed E-state index contributed by atoms with van der Waals surface area (Å²) in [5, 5.41) is 0. The topological polar surface area (TPSA) is 0 Å². The molecule has 0 spiro atoms. The maximum atomic E-state index is 14.5. The third-order valence-corrected chi connectivity index (χ3v) is 8.57. The van der Waals surface area contributed by atoms with Gasteiger partial charge in [0.2, 0.25) is 0 Å². The standard InChI is InChI=1S/C17H14F6S2/c1-7-5-9-11-12(16(20,21)17(22,23)15(11,18)19)10-6-8(2)25-14(4,24-7)13(9,10)3/h5-6H,1-4H3. The molecule has 1 fully saturated rings. The molecule has 0 amide bonds. The highest BCUT2D eigenvalue weighted by atomic mass is 32.2. The molecule has 0 N–H and O–H groups in total. The first-order valence-electron chi connectivity index (χ1n) is 7.61. The molecule has 0 radical (unpaired) electrons. The maximum absolute atomic E-state index is 14.5. The van der Waals surface area contributed by atoms with Crippen molar-refractivity contribution in [1.82, 2.24) is 0 Å². The molecule has 0 unspecified atom stereocenters. The van der Waals surface area contributed by atoms with E-state index in [1.165, 1.54) is 35.7 Å². The highest BCUT2D eigenvalue weighted by molar-refractivity contribution is 8.21. The van der Waals surface area contributed by atoms with Crippen molar-refractivity contribution >= 4 is 23.5 Å². The summed E-state index contributed by atoms with van der Waals surface area (Å²) in [5.41, 5.74) is -3.76. The van der Waals surface area contributed by atoms with Gasteiger partial charge in [0, 0.05) is 16.6 Å². The van der Waals surface area contributed by atoms with Crippen LogP contribution in [0.15, 0.2) is 44.3 Å². The zero-order chi connectivity index (χ0) is 18.8. The van der Waals surface area contributed by atoms with Gasteiger partial charge in [0.25, 0.3) is 0 Å². The Morgan fingerprint density at radius 3 is 1.44 bits per heavy atom. The van der Waals surface area contributed by atoms with Gasteiger partial charge < -0.3 is 0 Å². The van der Waals surface area contributed by atoms with Crippen molar-refractivity contribution in [2.24, 2.45) is 5.41 Å². The third kappa shape index (κ3) is 1.63. The maximum Gasteiger partial charge on any atom is 0.380 e. The Labute approximate surface area is 149 Å². The highest BCUT2D eigenvalue weighted by Crippen LogP contribution is 2.76. The van der Waals surface area contributed by atoms with Gasteiger partial charge >= 0.3 is 17.8 Å². The average molecular weight is 396 g/mol. The second kappa shape index (κ2) is 4.38. The molecule has 0 aromatic carbocycles. The Balaban J connectivity index is 2.20. The van der Waals surface area contributed by atoms with Crippen LogP contribution in [0.1, 0.15) is 27.7 Å². The predicted octanol–water partition coefficient (Wildman–Crippen LogP) is 6.54. The number of halogens is 6. The van der Waals surface area contributed by atoms with E-state index in [9.17, 15) is 26.3 Å². The fraction of sp³-hybridized carbons (Fsp3) is 0.529. The number of hydrogen-bond donors (Lipinski definition) is 0. The van der Waals surface area contributed by atoms with E-state index in [2.05, 4.69) is 0 Å². The number of hydrogen-bond acceptors (Lipinski definition) is 2. The molecule has 0 atom stereocenters. The minimum Gasteiger partial charge on any atom is -0.194 e. The first kappa shape index (κ1) is 17.6. The number of fused-ring (bicyclic) bond motifs is 1. The van der Waals surface area contributed by atoms with Gasteiger partial charge in [0.15, 0.2) is 0 Å². The molecule has 0 aromatic rings. The van der Waals surface area contributed by atoms with E-state index in [1.54, 1.807) is 27.7 Å². The predicted molar refractivity (Wildman–Crippen MR) is 88.1 cm³/mol.